The van der Waals surface area contributed by atoms with Gasteiger partial charge in [0, 0.05) is 20.9 Å². The molecule has 1 heterocycles. The molecule has 156 valence electrons. The number of carboxylic acids is 1. The molecule has 0 saturated heterocycles. The number of carboxylic acid groups (broad SMARTS) is 1. The number of rotatable bonds is 11. The summed E-state index contributed by atoms with van der Waals surface area (Å²) in [6, 6.07) is 2.09. The smallest absolute Gasteiger partial charge is 0.313 e. The molecule has 1 saturated carbocycles. The average Bonchev–Trinajstić information content (AvgIpc) is 3.16. The third-order valence-electron chi connectivity index (χ3n) is 4.67. The number of allylic oxidation sites excluding steroid dienone is 2. The maximum atomic E-state index is 10.5. The lowest BCUT2D eigenvalue weighted by molar-refractivity contribution is -0.133. The minimum Gasteiger partial charge on any atom is -0.481 e. The van der Waals surface area contributed by atoms with Crippen molar-refractivity contribution in [3.63, 3.8) is 0 Å². The lowest BCUT2D eigenvalue weighted by atomic mass is 9.91. The summed E-state index contributed by atoms with van der Waals surface area (Å²) in [5, 5.41) is 29.2. The number of carbonyl (C=O) groups is 1. The van der Waals surface area contributed by atoms with Gasteiger partial charge in [-0.15, -0.1) is 34.9 Å². The van der Waals surface area contributed by atoms with Gasteiger partial charge in [0.25, 0.3) is 0 Å². The summed E-state index contributed by atoms with van der Waals surface area (Å²) in [5.41, 5.74) is 0. The molecule has 0 bridgehead atoms. The molecule has 0 spiro atoms. The first-order chi connectivity index (χ1) is 13.4. The van der Waals surface area contributed by atoms with Crippen molar-refractivity contribution < 1.29 is 20.1 Å². The van der Waals surface area contributed by atoms with Crippen LogP contribution in [0.2, 0.25) is 0 Å². The average molecular weight is 508 g/mol. The minimum absolute atomic E-state index is 0.111. The first kappa shape index (κ1) is 24.0. The Morgan fingerprint density at radius 2 is 2.21 bits per heavy atom. The fraction of sp³-hybridized carbons (Fsp3) is 0.550. The SMILES string of the molecule is Cc1sc(SC[C@H](O)C=C[C@H]2CCC(O)[C@@H]2CC=CCSCC(=O)O)cc1Br. The molecule has 1 aromatic rings. The van der Waals surface area contributed by atoms with E-state index in [0.29, 0.717) is 11.5 Å². The molecule has 4 atom stereocenters. The topological polar surface area (TPSA) is 77.8 Å². The van der Waals surface area contributed by atoms with Crippen LogP contribution >= 0.6 is 50.8 Å². The molecule has 0 aliphatic heterocycles. The second kappa shape index (κ2) is 12.4. The third kappa shape index (κ3) is 8.24. The van der Waals surface area contributed by atoms with Gasteiger partial charge in [-0.2, -0.15) is 0 Å². The fourth-order valence-electron chi connectivity index (χ4n) is 3.18. The predicted molar refractivity (Wildman–Crippen MR) is 124 cm³/mol. The Hall–Kier alpha value is -0.250. The zero-order valence-electron chi connectivity index (χ0n) is 15.8. The Morgan fingerprint density at radius 3 is 2.89 bits per heavy atom. The van der Waals surface area contributed by atoms with Crippen molar-refractivity contribution in [2.45, 2.75) is 42.6 Å². The monoisotopic (exact) mass is 506 g/mol. The van der Waals surface area contributed by atoms with Gasteiger partial charge in [0.2, 0.25) is 0 Å². The van der Waals surface area contributed by atoms with Crippen molar-refractivity contribution in [2.75, 3.05) is 17.3 Å². The van der Waals surface area contributed by atoms with E-state index < -0.39 is 12.1 Å². The summed E-state index contributed by atoms with van der Waals surface area (Å²) < 4.78 is 2.30. The number of halogens is 1. The van der Waals surface area contributed by atoms with E-state index in [4.69, 9.17) is 5.11 Å². The molecular weight excluding hydrogens is 480 g/mol. The van der Waals surface area contributed by atoms with Crippen molar-refractivity contribution in [3.8, 4) is 0 Å². The maximum absolute atomic E-state index is 10.5. The number of hydrogen-bond donors (Lipinski definition) is 3. The van der Waals surface area contributed by atoms with E-state index in [-0.39, 0.29) is 23.7 Å². The summed E-state index contributed by atoms with van der Waals surface area (Å²) >= 11 is 8.26. The van der Waals surface area contributed by atoms with Crippen molar-refractivity contribution >= 4 is 56.8 Å². The number of aliphatic carboxylic acids is 1. The molecule has 4 nitrogen and oxygen atoms in total. The maximum Gasteiger partial charge on any atom is 0.313 e. The molecule has 2 rings (SSSR count). The number of hydrogen-bond acceptors (Lipinski definition) is 6. The molecule has 0 aromatic carbocycles. The Labute approximate surface area is 187 Å². The Morgan fingerprint density at radius 1 is 1.43 bits per heavy atom. The molecule has 1 aliphatic rings. The summed E-state index contributed by atoms with van der Waals surface area (Å²) in [6.45, 7) is 2.07. The lowest BCUT2D eigenvalue weighted by Crippen LogP contribution is -2.18. The second-order valence-corrected chi connectivity index (χ2v) is 11.3. The highest BCUT2D eigenvalue weighted by atomic mass is 79.9. The number of thioether (sulfide) groups is 2. The van der Waals surface area contributed by atoms with Gasteiger partial charge in [-0.1, -0.05) is 24.3 Å². The molecule has 1 aromatic heterocycles. The molecule has 1 unspecified atom stereocenters. The number of aliphatic hydroxyl groups is 2. The van der Waals surface area contributed by atoms with Crippen molar-refractivity contribution in [1.82, 2.24) is 0 Å². The summed E-state index contributed by atoms with van der Waals surface area (Å²) in [6.07, 6.45) is 9.62. The highest BCUT2D eigenvalue weighted by molar-refractivity contribution is 9.10. The van der Waals surface area contributed by atoms with Gasteiger partial charge < -0.3 is 15.3 Å². The van der Waals surface area contributed by atoms with E-state index in [1.54, 1.807) is 23.1 Å². The molecule has 1 fully saturated rings. The van der Waals surface area contributed by atoms with E-state index in [1.165, 1.54) is 20.8 Å². The molecule has 28 heavy (non-hydrogen) atoms. The Balaban J connectivity index is 1.76. The van der Waals surface area contributed by atoms with Crippen LogP contribution in [0.3, 0.4) is 0 Å². The second-order valence-electron chi connectivity index (χ2n) is 6.82. The van der Waals surface area contributed by atoms with E-state index in [9.17, 15) is 15.0 Å². The first-order valence-electron chi connectivity index (χ1n) is 9.24. The van der Waals surface area contributed by atoms with E-state index in [1.807, 2.05) is 18.2 Å². The van der Waals surface area contributed by atoms with Crippen LogP contribution in [-0.4, -0.2) is 50.8 Å². The largest absolute Gasteiger partial charge is 0.481 e. The van der Waals surface area contributed by atoms with E-state index in [0.717, 1.165) is 23.7 Å². The van der Waals surface area contributed by atoms with E-state index >= 15 is 0 Å². The van der Waals surface area contributed by atoms with Gasteiger partial charge in [-0.05, 0) is 60.0 Å². The summed E-state index contributed by atoms with van der Waals surface area (Å²) in [5.74, 6) is 1.03. The number of aliphatic hydroxyl groups excluding tert-OH is 2. The molecular formula is C20H27BrO4S3. The van der Waals surface area contributed by atoms with Gasteiger partial charge in [-0.25, -0.2) is 0 Å². The Kier molecular flexibility index (Phi) is 10.7. The minimum atomic E-state index is -0.798. The van der Waals surface area contributed by atoms with Crippen LogP contribution in [0.5, 0.6) is 0 Å². The van der Waals surface area contributed by atoms with Crippen molar-refractivity contribution in [2.24, 2.45) is 11.8 Å². The van der Waals surface area contributed by atoms with Crippen LogP contribution in [0.4, 0.5) is 0 Å². The van der Waals surface area contributed by atoms with Crippen LogP contribution in [0.15, 0.2) is 39.1 Å². The quantitative estimate of drug-likeness (QED) is 0.223. The van der Waals surface area contributed by atoms with Crippen molar-refractivity contribution in [3.05, 3.63) is 39.7 Å². The first-order valence-corrected chi connectivity index (χ1v) is 13.0. The van der Waals surface area contributed by atoms with Crippen LogP contribution in [0.1, 0.15) is 24.1 Å². The zero-order valence-corrected chi connectivity index (χ0v) is 19.8. The number of thiophene rings is 1. The highest BCUT2D eigenvalue weighted by Gasteiger charge is 2.32. The molecule has 0 amide bonds. The van der Waals surface area contributed by atoms with Gasteiger partial charge in [0.05, 0.1) is 22.2 Å². The predicted octanol–water partition coefficient (Wildman–Crippen LogP) is 4.98. The van der Waals surface area contributed by atoms with Crippen LogP contribution < -0.4 is 0 Å². The zero-order chi connectivity index (χ0) is 20.5. The van der Waals surface area contributed by atoms with Crippen LogP contribution in [0.25, 0.3) is 0 Å². The standard InChI is InChI=1S/C20H27BrO4S3/c1-13-17(21)10-20(28-13)27-11-15(22)7-5-14-6-8-18(23)16(14)4-2-3-9-26-12-19(24)25/h2-3,5,7,10,14-16,18,22-23H,4,6,8-9,11-12H2,1H3,(H,24,25)/t14-,15+,16+,18?/m0/s1. The highest BCUT2D eigenvalue weighted by Crippen LogP contribution is 2.36. The Bertz CT molecular complexity index is 669. The normalized spacial score (nSPS) is 23.8. The molecule has 8 heteroatoms. The summed E-state index contributed by atoms with van der Waals surface area (Å²) in [7, 11) is 0. The number of aryl methyl sites for hydroxylation is 1. The van der Waals surface area contributed by atoms with Gasteiger partial charge in [-0.3, -0.25) is 4.79 Å². The summed E-state index contributed by atoms with van der Waals surface area (Å²) in [4.78, 5) is 11.7. The lowest BCUT2D eigenvalue weighted by Gasteiger charge is -2.18. The molecule has 1 aliphatic carbocycles. The van der Waals surface area contributed by atoms with Gasteiger partial charge in [0.1, 0.15) is 0 Å². The molecule has 0 radical (unpaired) electrons. The fourth-order valence-corrected chi connectivity index (χ4v) is 6.62. The third-order valence-corrected chi connectivity index (χ3v) is 8.99. The molecule has 3 N–H and O–H groups in total. The van der Waals surface area contributed by atoms with Crippen LogP contribution in [-0.2, 0) is 4.79 Å². The van der Waals surface area contributed by atoms with Crippen LogP contribution in [0, 0.1) is 18.8 Å². The van der Waals surface area contributed by atoms with Crippen molar-refractivity contribution in [1.29, 1.82) is 0 Å². The van der Waals surface area contributed by atoms with Gasteiger partial charge in [0.15, 0.2) is 0 Å². The van der Waals surface area contributed by atoms with Gasteiger partial charge >= 0.3 is 5.97 Å². The van der Waals surface area contributed by atoms with E-state index in [2.05, 4.69) is 35.0 Å².